The summed E-state index contributed by atoms with van der Waals surface area (Å²) >= 11 is 21.8. The Kier molecular flexibility index (Phi) is 9.71. The van der Waals surface area contributed by atoms with Crippen molar-refractivity contribution in [1.82, 2.24) is 0 Å². The number of anilines is 3. The number of amides is 3. The number of halogens is 9. The van der Waals surface area contributed by atoms with Gasteiger partial charge >= 0.3 is 12.3 Å². The van der Waals surface area contributed by atoms with Gasteiger partial charge in [-0.3, -0.25) is 14.9 Å². The van der Waals surface area contributed by atoms with Crippen molar-refractivity contribution in [2.24, 2.45) is 5.92 Å². The maximum absolute atomic E-state index is 15.1. The molecule has 3 aromatic rings. The molecule has 1 fully saturated rings. The number of nitrogens with one attached hydrogen (secondary N) is 3. The highest BCUT2D eigenvalue weighted by Crippen LogP contribution is 2.65. The first-order valence-corrected chi connectivity index (χ1v) is 14.8. The Balaban J connectivity index is 1.52. The van der Waals surface area contributed by atoms with Crippen molar-refractivity contribution >= 4 is 85.7 Å². The molecule has 16 heteroatoms. The van der Waals surface area contributed by atoms with E-state index in [9.17, 15) is 31.9 Å². The maximum Gasteiger partial charge on any atom is 0.416 e. The summed E-state index contributed by atoms with van der Waals surface area (Å²) < 4.78 is 72.8. The summed E-state index contributed by atoms with van der Waals surface area (Å²) in [6.45, 7) is 4.66. The van der Waals surface area contributed by atoms with Crippen molar-refractivity contribution in [3.8, 4) is 0 Å². The van der Waals surface area contributed by atoms with Crippen LogP contribution in [0.5, 0.6) is 0 Å². The van der Waals surface area contributed by atoms with Gasteiger partial charge in [0.15, 0.2) is 5.82 Å². The lowest BCUT2D eigenvalue weighted by atomic mass is 10.0. The van der Waals surface area contributed by atoms with E-state index in [-0.39, 0.29) is 26.3 Å². The van der Waals surface area contributed by atoms with Crippen molar-refractivity contribution < 1.29 is 41.1 Å². The minimum absolute atomic E-state index is 0.0291. The van der Waals surface area contributed by atoms with Gasteiger partial charge in [0.05, 0.1) is 27.8 Å². The Morgan fingerprint density at radius 1 is 0.933 bits per heavy atom. The van der Waals surface area contributed by atoms with Crippen LogP contribution in [0.25, 0.3) is 0 Å². The normalized spacial score (nSPS) is 17.3. The van der Waals surface area contributed by atoms with Crippen LogP contribution in [0, 0.1) is 17.6 Å². The summed E-state index contributed by atoms with van der Waals surface area (Å²) in [5, 5.41) is 6.59. The number of hydrogen-bond acceptors (Lipinski definition) is 4. The summed E-state index contributed by atoms with van der Waals surface area (Å²) in [7, 11) is 0. The molecule has 45 heavy (non-hydrogen) atoms. The SMILES string of the molecule is CC(C)(C)OC(=O)Nc1c(F)ccc(NC(=O)c2cc(NC(=O)C3C(c4cc(Br)cc(C(F)(F)F)c4)C3(Cl)Cl)ccc2Cl)c1F. The zero-order valence-electron chi connectivity index (χ0n) is 23.3. The number of carbonyl (C=O) groups is 3. The van der Waals surface area contributed by atoms with E-state index in [2.05, 4.69) is 26.6 Å². The highest BCUT2D eigenvalue weighted by Gasteiger charge is 2.67. The molecule has 2 unspecified atom stereocenters. The third-order valence-corrected chi connectivity index (χ3v) is 8.11. The lowest BCUT2D eigenvalue weighted by Gasteiger charge is -2.20. The van der Waals surface area contributed by atoms with Crippen molar-refractivity contribution in [2.45, 2.75) is 42.8 Å². The lowest BCUT2D eigenvalue weighted by Crippen LogP contribution is -2.28. The molecule has 0 aromatic heterocycles. The van der Waals surface area contributed by atoms with Crippen LogP contribution in [0.2, 0.25) is 5.02 Å². The fourth-order valence-electron chi connectivity index (χ4n) is 4.38. The summed E-state index contributed by atoms with van der Waals surface area (Å²) in [4.78, 5) is 38.2. The monoisotopic (exact) mass is 755 g/mol. The van der Waals surface area contributed by atoms with Gasteiger partial charge in [0.1, 0.15) is 21.4 Å². The molecule has 2 atom stereocenters. The third kappa shape index (κ3) is 8.00. The van der Waals surface area contributed by atoms with Gasteiger partial charge in [0.25, 0.3) is 5.91 Å². The largest absolute Gasteiger partial charge is 0.444 e. The van der Waals surface area contributed by atoms with E-state index in [0.29, 0.717) is 0 Å². The summed E-state index contributed by atoms with van der Waals surface area (Å²) in [6, 6.07) is 8.58. The predicted molar refractivity (Wildman–Crippen MR) is 164 cm³/mol. The molecule has 0 radical (unpaired) electrons. The number of benzene rings is 3. The van der Waals surface area contributed by atoms with E-state index in [1.54, 1.807) is 20.8 Å². The minimum atomic E-state index is -4.65. The van der Waals surface area contributed by atoms with Crippen LogP contribution >= 0.6 is 50.7 Å². The van der Waals surface area contributed by atoms with Gasteiger partial charge in [-0.15, -0.1) is 23.2 Å². The summed E-state index contributed by atoms with van der Waals surface area (Å²) in [5.41, 5.74) is -3.42. The first-order valence-electron chi connectivity index (χ1n) is 12.8. The van der Waals surface area contributed by atoms with Crippen LogP contribution in [0.1, 0.15) is 48.2 Å². The van der Waals surface area contributed by atoms with Crippen molar-refractivity contribution in [2.75, 3.05) is 16.0 Å². The van der Waals surface area contributed by atoms with E-state index in [1.165, 1.54) is 18.2 Å². The summed E-state index contributed by atoms with van der Waals surface area (Å²) in [5.74, 6) is -6.31. The fourth-order valence-corrected chi connectivity index (χ4v) is 5.92. The number of alkyl halides is 5. The molecule has 7 nitrogen and oxygen atoms in total. The molecular formula is C29H22BrCl3F5N3O4. The predicted octanol–water partition coefficient (Wildman–Crippen LogP) is 9.52. The molecule has 0 heterocycles. The van der Waals surface area contributed by atoms with Crippen LogP contribution < -0.4 is 16.0 Å². The third-order valence-electron chi connectivity index (χ3n) is 6.39. The standard InChI is InChI=1S/C29H22BrCl3F5N3O4/c1-27(2,3)45-26(44)41-23-18(34)6-7-19(22(23)35)40-24(42)16-11-15(4-5-17(16)31)39-25(43)21-20(28(21,32)33)12-8-13(29(36,37)38)10-14(30)9-12/h4-11,20-21H,1-3H3,(H,39,43)(H,40,42)(H,41,44). The Morgan fingerprint density at radius 3 is 2.22 bits per heavy atom. The van der Waals surface area contributed by atoms with Crippen LogP contribution in [-0.2, 0) is 15.7 Å². The summed E-state index contributed by atoms with van der Waals surface area (Å²) in [6.07, 6.45) is -5.79. The number of carbonyl (C=O) groups excluding carboxylic acids is 3. The molecule has 3 amide bonds. The molecule has 0 spiro atoms. The molecule has 1 aliphatic rings. The molecular weight excluding hydrogens is 736 g/mol. The second kappa shape index (κ2) is 12.6. The van der Waals surface area contributed by atoms with Gasteiger partial charge in [-0.2, -0.15) is 13.2 Å². The topological polar surface area (TPSA) is 96.5 Å². The lowest BCUT2D eigenvalue weighted by molar-refractivity contribution is -0.137. The Morgan fingerprint density at radius 2 is 1.60 bits per heavy atom. The molecule has 0 bridgehead atoms. The number of rotatable bonds is 6. The quantitative estimate of drug-likeness (QED) is 0.173. The van der Waals surface area contributed by atoms with Crippen LogP contribution in [-0.4, -0.2) is 27.8 Å². The zero-order valence-corrected chi connectivity index (χ0v) is 27.2. The average Bonchev–Trinajstić information content (AvgIpc) is 3.49. The van der Waals surface area contributed by atoms with Gasteiger partial charge in [0, 0.05) is 16.1 Å². The highest BCUT2D eigenvalue weighted by molar-refractivity contribution is 9.10. The smallest absolute Gasteiger partial charge is 0.416 e. The molecule has 0 aliphatic heterocycles. The Labute approximate surface area is 276 Å². The van der Waals surface area contributed by atoms with E-state index in [0.717, 1.165) is 30.3 Å². The second-order valence-electron chi connectivity index (χ2n) is 10.9. The molecule has 1 saturated carbocycles. The van der Waals surface area contributed by atoms with E-state index >= 15 is 4.39 Å². The van der Waals surface area contributed by atoms with E-state index < -0.39 is 74.4 Å². The molecule has 0 saturated heterocycles. The Hall–Kier alpha value is -3.13. The van der Waals surface area contributed by atoms with E-state index in [4.69, 9.17) is 39.5 Å². The number of hydrogen-bond donors (Lipinski definition) is 3. The molecule has 3 N–H and O–H groups in total. The maximum atomic E-state index is 15.1. The van der Waals surface area contributed by atoms with Crippen LogP contribution in [0.15, 0.2) is 53.0 Å². The van der Waals surface area contributed by atoms with Crippen LogP contribution in [0.3, 0.4) is 0 Å². The molecule has 3 aromatic carbocycles. The molecule has 1 aliphatic carbocycles. The first kappa shape index (κ1) is 34.7. The second-order valence-corrected chi connectivity index (χ2v) is 13.7. The Bertz CT molecular complexity index is 1700. The van der Waals surface area contributed by atoms with Gasteiger partial charge in [0.2, 0.25) is 5.91 Å². The minimum Gasteiger partial charge on any atom is -0.444 e. The van der Waals surface area contributed by atoms with E-state index in [1.807, 2.05) is 5.32 Å². The van der Waals surface area contributed by atoms with Gasteiger partial charge in [-0.1, -0.05) is 27.5 Å². The van der Waals surface area contributed by atoms with Gasteiger partial charge in [-0.05, 0) is 74.9 Å². The fraction of sp³-hybridized carbons (Fsp3) is 0.276. The van der Waals surface area contributed by atoms with Gasteiger partial charge in [-0.25, -0.2) is 13.6 Å². The van der Waals surface area contributed by atoms with Crippen LogP contribution in [0.4, 0.5) is 43.8 Å². The van der Waals surface area contributed by atoms with Crippen molar-refractivity contribution in [1.29, 1.82) is 0 Å². The molecule has 4 rings (SSSR count). The average molecular weight is 758 g/mol. The van der Waals surface area contributed by atoms with Gasteiger partial charge < -0.3 is 15.4 Å². The number of ether oxygens (including phenoxy) is 1. The highest BCUT2D eigenvalue weighted by atomic mass is 79.9. The van der Waals surface area contributed by atoms with Crippen molar-refractivity contribution in [3.05, 3.63) is 86.4 Å². The first-order chi connectivity index (χ1) is 20.7. The zero-order chi connectivity index (χ0) is 33.6. The van der Waals surface area contributed by atoms with Crippen molar-refractivity contribution in [3.63, 3.8) is 0 Å². The molecule has 240 valence electrons.